The predicted molar refractivity (Wildman–Crippen MR) is 156 cm³/mol. The maximum Gasteiger partial charge on any atom is 0.410 e. The van der Waals surface area contributed by atoms with Crippen molar-refractivity contribution in [1.29, 1.82) is 0 Å². The first-order chi connectivity index (χ1) is 20.3. The third-order valence-corrected chi connectivity index (χ3v) is 9.05. The molecule has 2 heterocycles. The SMILES string of the molecule is CC(C)C[C@H](NC(=O)OC1CC2(CCN(C(=O)OC(C)(C)C)CC2)C1)C(=O)N[C@@H](C[C@H]1CCNC1=O)C(=O)C(O)S(=O)(=O)O. The summed E-state index contributed by atoms with van der Waals surface area (Å²) >= 11 is 0. The van der Waals surface area contributed by atoms with Crippen LogP contribution in [0.15, 0.2) is 0 Å². The van der Waals surface area contributed by atoms with Gasteiger partial charge in [-0.05, 0) is 77.0 Å². The highest BCUT2D eigenvalue weighted by Crippen LogP contribution is 2.50. The Morgan fingerprint density at radius 1 is 1.09 bits per heavy atom. The van der Waals surface area contributed by atoms with Gasteiger partial charge in [0.05, 0.1) is 6.04 Å². The van der Waals surface area contributed by atoms with Crippen molar-refractivity contribution in [2.75, 3.05) is 19.6 Å². The van der Waals surface area contributed by atoms with Crippen LogP contribution in [0.4, 0.5) is 9.59 Å². The Balaban J connectivity index is 1.57. The largest absolute Gasteiger partial charge is 0.446 e. The van der Waals surface area contributed by atoms with Crippen LogP contribution in [0.5, 0.6) is 0 Å². The van der Waals surface area contributed by atoms with Gasteiger partial charge < -0.3 is 35.4 Å². The van der Waals surface area contributed by atoms with Gasteiger partial charge in [-0.25, -0.2) is 9.59 Å². The van der Waals surface area contributed by atoms with Crippen LogP contribution in [-0.4, -0.2) is 102 Å². The molecular formula is C28H46N4O11S. The van der Waals surface area contributed by atoms with E-state index in [1.165, 1.54) is 0 Å². The number of nitrogens with one attached hydrogen (secondary N) is 3. The normalized spacial score (nSPS) is 22.4. The number of rotatable bonds is 11. The number of likely N-dealkylation sites (tertiary alicyclic amines) is 1. The van der Waals surface area contributed by atoms with Gasteiger partial charge in [-0.15, -0.1) is 0 Å². The van der Waals surface area contributed by atoms with Gasteiger partial charge in [0.25, 0.3) is 10.1 Å². The van der Waals surface area contributed by atoms with Crippen molar-refractivity contribution in [2.24, 2.45) is 17.3 Å². The van der Waals surface area contributed by atoms with E-state index < -0.39 is 62.8 Å². The summed E-state index contributed by atoms with van der Waals surface area (Å²) in [5.41, 5.74) is -3.45. The van der Waals surface area contributed by atoms with Gasteiger partial charge in [0.1, 0.15) is 17.7 Å². The third kappa shape index (κ3) is 9.76. The van der Waals surface area contributed by atoms with E-state index in [1.807, 2.05) is 20.8 Å². The molecule has 2 aliphatic heterocycles. The first-order valence-electron chi connectivity index (χ1n) is 15.0. The topological polar surface area (TPSA) is 218 Å². The Bertz CT molecular complexity index is 1200. The van der Waals surface area contributed by atoms with Gasteiger partial charge in [0.15, 0.2) is 0 Å². The number of hydrogen-bond donors (Lipinski definition) is 5. The quantitative estimate of drug-likeness (QED) is 0.200. The molecule has 3 fully saturated rings. The van der Waals surface area contributed by atoms with Crippen LogP contribution >= 0.6 is 0 Å². The lowest BCUT2D eigenvalue weighted by Crippen LogP contribution is -2.56. The Kier molecular flexibility index (Phi) is 11.3. The lowest BCUT2D eigenvalue weighted by molar-refractivity contribution is -0.132. The number of alkyl carbamates (subject to hydrolysis) is 1. The van der Waals surface area contributed by atoms with E-state index in [-0.39, 0.29) is 36.4 Å². The van der Waals surface area contributed by atoms with Crippen molar-refractivity contribution in [2.45, 2.75) is 109 Å². The van der Waals surface area contributed by atoms with Gasteiger partial charge in [0, 0.05) is 25.6 Å². The first kappa shape index (κ1) is 35.5. The lowest BCUT2D eigenvalue weighted by atomic mass is 9.61. The Morgan fingerprint density at radius 2 is 1.70 bits per heavy atom. The molecule has 15 nitrogen and oxygen atoms in total. The smallest absolute Gasteiger partial charge is 0.410 e. The Labute approximate surface area is 257 Å². The average Bonchev–Trinajstić information content (AvgIpc) is 3.28. The number of aliphatic hydroxyl groups excluding tert-OH is 1. The number of amides is 4. The van der Waals surface area contributed by atoms with Crippen LogP contribution in [0.2, 0.25) is 0 Å². The zero-order valence-corrected chi connectivity index (χ0v) is 26.8. The van der Waals surface area contributed by atoms with Crippen molar-refractivity contribution < 1.29 is 51.5 Å². The molecule has 5 N–H and O–H groups in total. The van der Waals surface area contributed by atoms with Crippen LogP contribution in [0.1, 0.15) is 79.6 Å². The zero-order valence-electron chi connectivity index (χ0n) is 26.0. The highest BCUT2D eigenvalue weighted by atomic mass is 32.2. The average molecular weight is 647 g/mol. The first-order valence-corrected chi connectivity index (χ1v) is 16.5. The molecule has 1 aliphatic carbocycles. The van der Waals surface area contributed by atoms with E-state index >= 15 is 0 Å². The summed E-state index contributed by atoms with van der Waals surface area (Å²) in [5.74, 6) is -3.46. The molecule has 16 heteroatoms. The molecular weight excluding hydrogens is 600 g/mol. The standard InChI is InChI=1S/C28H46N4O11S/c1-16(2)12-20(23(35)30-19(13-17-6-9-29-22(17)34)21(33)24(36)44(39,40)41)31-25(37)42-18-14-28(15-18)7-10-32(11-8-28)26(38)43-27(3,4)5/h16-20,24,36H,6-15H2,1-5H3,(H,29,34)(H,30,35)(H,31,37)(H,39,40,41)/t17-,19+,20+,24?/m1/s1. The molecule has 4 atom stereocenters. The number of aliphatic hydroxyl groups is 1. The number of ketones is 1. The Morgan fingerprint density at radius 3 is 2.20 bits per heavy atom. The van der Waals surface area contributed by atoms with Gasteiger partial charge in [-0.3, -0.25) is 18.9 Å². The molecule has 4 amide bonds. The van der Waals surface area contributed by atoms with Crippen LogP contribution in [-0.2, 0) is 34.0 Å². The van der Waals surface area contributed by atoms with Gasteiger partial charge >= 0.3 is 12.2 Å². The fourth-order valence-corrected chi connectivity index (χ4v) is 6.37. The number of hydrogen-bond acceptors (Lipinski definition) is 10. The number of piperidine rings is 1. The monoisotopic (exact) mass is 646 g/mol. The summed E-state index contributed by atoms with van der Waals surface area (Å²) in [5, 5.41) is 17.3. The molecule has 0 aromatic carbocycles. The van der Waals surface area contributed by atoms with Crippen LogP contribution < -0.4 is 16.0 Å². The third-order valence-electron chi connectivity index (χ3n) is 8.26. The van der Waals surface area contributed by atoms with Crippen LogP contribution in [0.25, 0.3) is 0 Å². The lowest BCUT2D eigenvalue weighted by Gasteiger charge is -2.51. The second-order valence-corrected chi connectivity index (χ2v) is 15.0. The van der Waals surface area contributed by atoms with Gasteiger partial charge in [-0.1, -0.05) is 13.8 Å². The highest BCUT2D eigenvalue weighted by molar-refractivity contribution is 7.87. The van der Waals surface area contributed by atoms with Crippen LogP contribution in [0.3, 0.4) is 0 Å². The molecule has 44 heavy (non-hydrogen) atoms. The maximum absolute atomic E-state index is 13.3. The molecule has 1 spiro atoms. The number of carbonyl (C=O) groups excluding carboxylic acids is 5. The molecule has 0 aromatic heterocycles. The number of carbonyl (C=O) groups is 5. The summed E-state index contributed by atoms with van der Waals surface area (Å²) in [6.07, 6.45) is 1.29. The summed E-state index contributed by atoms with van der Waals surface area (Å²) in [6, 6.07) is -2.80. The van der Waals surface area contributed by atoms with E-state index in [0.29, 0.717) is 38.9 Å². The maximum atomic E-state index is 13.3. The van der Waals surface area contributed by atoms with E-state index in [4.69, 9.17) is 9.47 Å². The number of Topliss-reactive ketones (excluding diaryl/α,β-unsaturated/α-hetero) is 1. The van der Waals surface area contributed by atoms with Crippen molar-refractivity contribution in [3.63, 3.8) is 0 Å². The second-order valence-electron chi connectivity index (χ2n) is 13.6. The molecule has 3 rings (SSSR count). The van der Waals surface area contributed by atoms with E-state index in [9.17, 15) is 42.0 Å². The predicted octanol–water partition coefficient (Wildman–Crippen LogP) is 1.09. The zero-order chi connectivity index (χ0) is 33.0. The van der Waals surface area contributed by atoms with Crippen molar-refractivity contribution in [1.82, 2.24) is 20.9 Å². The molecule has 1 saturated carbocycles. The number of ether oxygens (including phenoxy) is 2. The molecule has 250 valence electrons. The van der Waals surface area contributed by atoms with Crippen molar-refractivity contribution >= 4 is 39.9 Å². The summed E-state index contributed by atoms with van der Waals surface area (Å²) in [6.45, 7) is 10.5. The molecule has 0 radical (unpaired) electrons. The minimum atomic E-state index is -5.19. The molecule has 0 aromatic rings. The van der Waals surface area contributed by atoms with E-state index in [0.717, 1.165) is 12.8 Å². The van der Waals surface area contributed by atoms with Crippen LogP contribution in [0, 0.1) is 17.3 Å². The molecule has 3 aliphatic rings. The number of nitrogens with zero attached hydrogens (tertiary/aromatic N) is 1. The summed E-state index contributed by atoms with van der Waals surface area (Å²) in [7, 11) is -5.19. The molecule has 1 unspecified atom stereocenters. The van der Waals surface area contributed by atoms with E-state index in [2.05, 4.69) is 16.0 Å². The minimum absolute atomic E-state index is 0.0494. The Hall–Kier alpha value is -2.98. The van der Waals surface area contributed by atoms with E-state index in [1.54, 1.807) is 18.7 Å². The fraction of sp³-hybridized carbons (Fsp3) is 0.821. The van der Waals surface area contributed by atoms with Crippen molar-refractivity contribution in [3.05, 3.63) is 0 Å². The summed E-state index contributed by atoms with van der Waals surface area (Å²) < 4.78 is 43.1. The van der Waals surface area contributed by atoms with Gasteiger partial charge in [0.2, 0.25) is 23.0 Å². The second kappa shape index (κ2) is 14.0. The van der Waals surface area contributed by atoms with Crippen molar-refractivity contribution in [3.8, 4) is 0 Å². The fourth-order valence-electron chi connectivity index (χ4n) is 5.91. The van der Waals surface area contributed by atoms with Gasteiger partial charge in [-0.2, -0.15) is 8.42 Å². The minimum Gasteiger partial charge on any atom is -0.446 e. The molecule has 0 bridgehead atoms. The summed E-state index contributed by atoms with van der Waals surface area (Å²) in [4.78, 5) is 65.0. The highest BCUT2D eigenvalue weighted by Gasteiger charge is 2.49. The molecule has 2 saturated heterocycles.